The Balaban J connectivity index is 1.72. The average molecular weight is 658 g/mol. The van der Waals surface area contributed by atoms with Crippen LogP contribution in [0.1, 0.15) is 26.2 Å². The van der Waals surface area contributed by atoms with Crippen molar-refractivity contribution < 1.29 is 36.6 Å². The summed E-state index contributed by atoms with van der Waals surface area (Å²) in [4.78, 5) is 12.7. The van der Waals surface area contributed by atoms with Gasteiger partial charge in [-0.2, -0.15) is 0 Å². The van der Waals surface area contributed by atoms with Crippen LogP contribution in [0.5, 0.6) is 34.5 Å². The van der Waals surface area contributed by atoms with E-state index in [1.54, 1.807) is 38.4 Å². The van der Waals surface area contributed by atoms with E-state index >= 15 is 0 Å². The van der Waals surface area contributed by atoms with E-state index in [0.717, 1.165) is 30.3 Å². The molecular weight excluding hydrogens is 612 g/mol. The summed E-state index contributed by atoms with van der Waals surface area (Å²) >= 11 is 0. The number of nitrogens with zero attached hydrogens (tertiary/aromatic N) is 3. The second-order valence-corrected chi connectivity index (χ2v) is 13.7. The Kier molecular flexibility index (Phi) is 10.8. The number of nitrogens with one attached hydrogen (secondary N) is 1. The van der Waals surface area contributed by atoms with Crippen molar-refractivity contribution in [3.63, 3.8) is 0 Å². The monoisotopic (exact) mass is 657 g/mol. The minimum absolute atomic E-state index is 0.0472. The Bertz CT molecular complexity index is 1840. The molecule has 0 bridgehead atoms. The molecule has 0 aliphatic heterocycles. The normalized spacial score (nSPS) is 11.8. The zero-order chi connectivity index (χ0) is 33.6. The highest BCUT2D eigenvalue weighted by Crippen LogP contribution is 2.38. The van der Waals surface area contributed by atoms with Crippen molar-refractivity contribution in [2.75, 3.05) is 59.8 Å². The number of unbranched alkanes of at least 4 members (excludes halogenated alkanes) is 1. The average Bonchev–Trinajstić information content (AvgIpc) is 3.21. The fourth-order valence-electron chi connectivity index (χ4n) is 4.87. The van der Waals surface area contributed by atoms with Gasteiger partial charge in [0.25, 0.3) is 10.0 Å². The number of benzene rings is 3. The summed E-state index contributed by atoms with van der Waals surface area (Å²) < 4.78 is 62.7. The summed E-state index contributed by atoms with van der Waals surface area (Å²) in [6, 6.07) is 12.8. The summed E-state index contributed by atoms with van der Waals surface area (Å²) in [5.41, 5.74) is 0.939. The van der Waals surface area contributed by atoms with Crippen molar-refractivity contribution >= 4 is 26.7 Å². The van der Waals surface area contributed by atoms with E-state index in [0.29, 0.717) is 47.2 Å². The predicted octanol–water partition coefficient (Wildman–Crippen LogP) is 5.14. The number of methoxy groups -OCH3 is 2. The highest BCUT2D eigenvalue weighted by atomic mass is 32.2. The van der Waals surface area contributed by atoms with Gasteiger partial charge in [-0.15, -0.1) is 0 Å². The van der Waals surface area contributed by atoms with Gasteiger partial charge >= 0.3 is 5.69 Å². The molecule has 0 unspecified atom stereocenters. The third-order valence-electron chi connectivity index (χ3n) is 7.33. The van der Waals surface area contributed by atoms with Gasteiger partial charge in [-0.05, 0) is 37.5 Å². The SMILES string of the molecule is CCCOc1cc(OCCCC[N+](C)(C)C)cc(Oc2cc3c(cc2NS(=O)(=O)c2ccc(OC)c(OC)c2)n(C)c(=O)n3C)c1. The Morgan fingerprint density at radius 2 is 1.37 bits per heavy atom. The molecule has 0 saturated carbocycles. The van der Waals surface area contributed by atoms with E-state index in [9.17, 15) is 13.2 Å². The second-order valence-electron chi connectivity index (χ2n) is 12.0. The summed E-state index contributed by atoms with van der Waals surface area (Å²) in [5, 5.41) is 0. The first-order valence-electron chi connectivity index (χ1n) is 15.1. The largest absolute Gasteiger partial charge is 0.493 e. The third kappa shape index (κ3) is 8.26. The number of aromatic nitrogens is 2. The fraction of sp³-hybridized carbons (Fsp3) is 0.424. The highest BCUT2D eigenvalue weighted by Gasteiger charge is 2.22. The number of fused-ring (bicyclic) bond motifs is 1. The summed E-state index contributed by atoms with van der Waals surface area (Å²) in [5.74, 6) is 2.33. The van der Waals surface area contributed by atoms with Crippen molar-refractivity contribution in [2.24, 2.45) is 14.1 Å². The molecule has 1 heterocycles. The highest BCUT2D eigenvalue weighted by molar-refractivity contribution is 7.92. The zero-order valence-electron chi connectivity index (χ0n) is 27.9. The van der Waals surface area contributed by atoms with Gasteiger partial charge in [-0.3, -0.25) is 13.9 Å². The van der Waals surface area contributed by atoms with Crippen molar-refractivity contribution in [3.8, 4) is 34.5 Å². The molecular formula is C33H45N4O8S+. The van der Waals surface area contributed by atoms with Crippen LogP contribution < -0.4 is 34.1 Å². The van der Waals surface area contributed by atoms with Crippen LogP contribution in [0.4, 0.5) is 5.69 Å². The van der Waals surface area contributed by atoms with Gasteiger partial charge in [0, 0.05) is 44.4 Å². The molecule has 0 aliphatic carbocycles. The van der Waals surface area contributed by atoms with E-state index in [2.05, 4.69) is 25.9 Å². The summed E-state index contributed by atoms with van der Waals surface area (Å²) in [6.07, 6.45) is 2.71. The molecule has 0 amide bonds. The lowest BCUT2D eigenvalue weighted by Crippen LogP contribution is -2.35. The van der Waals surface area contributed by atoms with Crippen molar-refractivity contribution in [1.82, 2.24) is 9.13 Å². The van der Waals surface area contributed by atoms with Crippen LogP contribution in [0.15, 0.2) is 58.2 Å². The fourth-order valence-corrected chi connectivity index (χ4v) is 5.95. The number of hydrogen-bond donors (Lipinski definition) is 1. The topological polar surface area (TPSA) is 119 Å². The van der Waals surface area contributed by atoms with Gasteiger partial charge in [0.15, 0.2) is 17.2 Å². The van der Waals surface area contributed by atoms with Crippen LogP contribution in [0.25, 0.3) is 11.0 Å². The van der Waals surface area contributed by atoms with E-state index < -0.39 is 10.0 Å². The van der Waals surface area contributed by atoms with E-state index in [-0.39, 0.29) is 27.8 Å². The predicted molar refractivity (Wildman–Crippen MR) is 178 cm³/mol. The number of anilines is 1. The minimum atomic E-state index is -4.14. The van der Waals surface area contributed by atoms with Gasteiger partial charge in [0.2, 0.25) is 0 Å². The molecule has 4 aromatic rings. The molecule has 1 aromatic heterocycles. The molecule has 1 N–H and O–H groups in total. The number of sulfonamides is 1. The molecule has 3 aromatic carbocycles. The van der Waals surface area contributed by atoms with Gasteiger partial charge in [-0.25, -0.2) is 13.2 Å². The Labute approximate surface area is 270 Å². The van der Waals surface area contributed by atoms with E-state index in [1.807, 2.05) is 13.0 Å². The molecule has 250 valence electrons. The molecule has 13 heteroatoms. The lowest BCUT2D eigenvalue weighted by atomic mass is 10.2. The maximum absolute atomic E-state index is 13.6. The molecule has 0 fully saturated rings. The van der Waals surface area contributed by atoms with Crippen molar-refractivity contribution in [2.45, 2.75) is 31.1 Å². The Morgan fingerprint density at radius 3 is 1.98 bits per heavy atom. The standard InChI is InChI=1S/C33H45N4O8S/c1-9-15-43-23-17-24(44-16-11-10-14-37(4,5)6)19-25(18-23)45-31-22-29-28(35(2)33(38)36(29)3)21-27(31)34-46(39,40)26-12-13-30(41-7)32(20-26)42-8/h12-13,17-22,34H,9-11,14-16H2,1-8H3/q+1. The number of ether oxygens (including phenoxy) is 5. The third-order valence-corrected chi connectivity index (χ3v) is 8.69. The van der Waals surface area contributed by atoms with Gasteiger partial charge in [-0.1, -0.05) is 6.92 Å². The zero-order valence-corrected chi connectivity index (χ0v) is 28.7. The van der Waals surface area contributed by atoms with Crippen LogP contribution in [-0.4, -0.2) is 77.2 Å². The number of quaternary nitrogens is 1. The Morgan fingerprint density at radius 1 is 0.761 bits per heavy atom. The Hall–Kier alpha value is -4.36. The summed E-state index contributed by atoms with van der Waals surface area (Å²) in [6.45, 7) is 4.07. The number of hydrogen-bond acceptors (Lipinski definition) is 8. The maximum atomic E-state index is 13.6. The van der Waals surface area contributed by atoms with E-state index in [4.69, 9.17) is 23.7 Å². The number of aryl methyl sites for hydroxylation is 2. The molecule has 0 spiro atoms. The first kappa shape index (κ1) is 34.5. The van der Waals surface area contributed by atoms with Crippen LogP contribution in [-0.2, 0) is 24.1 Å². The van der Waals surface area contributed by atoms with Crippen LogP contribution in [0.2, 0.25) is 0 Å². The van der Waals surface area contributed by atoms with E-state index in [1.165, 1.54) is 41.6 Å². The lowest BCUT2D eigenvalue weighted by molar-refractivity contribution is -0.870. The number of rotatable bonds is 16. The molecule has 4 rings (SSSR count). The summed E-state index contributed by atoms with van der Waals surface area (Å²) in [7, 11) is 8.50. The maximum Gasteiger partial charge on any atom is 0.328 e. The van der Waals surface area contributed by atoms with Crippen LogP contribution in [0.3, 0.4) is 0 Å². The smallest absolute Gasteiger partial charge is 0.328 e. The molecule has 46 heavy (non-hydrogen) atoms. The van der Waals surface area contributed by atoms with Crippen molar-refractivity contribution in [1.29, 1.82) is 0 Å². The molecule has 0 atom stereocenters. The first-order chi connectivity index (χ1) is 21.8. The number of imidazole rings is 1. The van der Waals surface area contributed by atoms with Gasteiger partial charge in [0.1, 0.15) is 17.2 Å². The second kappa shape index (κ2) is 14.4. The van der Waals surface area contributed by atoms with Gasteiger partial charge in [0.05, 0.1) is 76.7 Å². The minimum Gasteiger partial charge on any atom is -0.493 e. The molecule has 0 saturated heterocycles. The van der Waals surface area contributed by atoms with Crippen LogP contribution >= 0.6 is 0 Å². The van der Waals surface area contributed by atoms with Crippen molar-refractivity contribution in [3.05, 3.63) is 59.0 Å². The quantitative estimate of drug-likeness (QED) is 0.130. The lowest BCUT2D eigenvalue weighted by Gasteiger charge is -2.23. The molecule has 12 nitrogen and oxygen atoms in total. The molecule has 0 radical (unpaired) electrons. The van der Waals surface area contributed by atoms with Gasteiger partial charge < -0.3 is 28.2 Å². The van der Waals surface area contributed by atoms with Crippen LogP contribution in [0, 0.1) is 0 Å². The first-order valence-corrected chi connectivity index (χ1v) is 16.6. The molecule has 0 aliphatic rings.